The number of halogens is 2. The van der Waals surface area contributed by atoms with E-state index in [0.717, 1.165) is 12.1 Å². The summed E-state index contributed by atoms with van der Waals surface area (Å²) >= 11 is 0. The number of nitrogens with zero attached hydrogens (tertiary/aromatic N) is 3. The molecule has 27 heavy (non-hydrogen) atoms. The number of anilines is 1. The predicted octanol–water partition coefficient (Wildman–Crippen LogP) is 2.74. The maximum atomic E-state index is 13.4. The molecule has 9 heteroatoms. The number of carbonyl (C=O) groups excluding carboxylic acids is 2. The van der Waals surface area contributed by atoms with E-state index in [2.05, 4.69) is 15.7 Å². The first-order chi connectivity index (χ1) is 12.8. The van der Waals surface area contributed by atoms with Gasteiger partial charge in [0.15, 0.2) is 11.6 Å². The number of aromatic nitrogens is 2. The molecule has 7 nitrogen and oxygen atoms in total. The third-order valence-corrected chi connectivity index (χ3v) is 4.33. The van der Waals surface area contributed by atoms with Gasteiger partial charge >= 0.3 is 6.03 Å². The second-order valence-corrected chi connectivity index (χ2v) is 6.85. The van der Waals surface area contributed by atoms with Gasteiger partial charge in [-0.05, 0) is 32.9 Å². The molecule has 0 spiro atoms. The van der Waals surface area contributed by atoms with Crippen molar-refractivity contribution in [3.8, 4) is 0 Å². The van der Waals surface area contributed by atoms with E-state index in [0.29, 0.717) is 17.8 Å². The number of benzene rings is 1. The highest BCUT2D eigenvalue weighted by molar-refractivity contribution is 5.95. The lowest BCUT2D eigenvalue weighted by Gasteiger charge is -2.34. The third-order valence-electron chi connectivity index (χ3n) is 4.33. The highest BCUT2D eigenvalue weighted by atomic mass is 19.2. The fourth-order valence-corrected chi connectivity index (χ4v) is 2.97. The summed E-state index contributed by atoms with van der Waals surface area (Å²) in [6, 6.07) is 2.49. The van der Waals surface area contributed by atoms with Crippen molar-refractivity contribution in [3.63, 3.8) is 0 Å². The predicted molar refractivity (Wildman–Crippen MR) is 95.2 cm³/mol. The Kier molecular flexibility index (Phi) is 5.11. The second-order valence-electron chi connectivity index (χ2n) is 6.85. The Bertz CT molecular complexity index is 881. The van der Waals surface area contributed by atoms with E-state index in [-0.39, 0.29) is 30.2 Å². The molecule has 3 rings (SSSR count). The van der Waals surface area contributed by atoms with Crippen molar-refractivity contribution in [1.82, 2.24) is 20.0 Å². The first kappa shape index (κ1) is 18.8. The van der Waals surface area contributed by atoms with Crippen molar-refractivity contribution in [2.24, 2.45) is 0 Å². The number of fused-ring (bicyclic) bond motifs is 1. The Morgan fingerprint density at radius 1 is 1.26 bits per heavy atom. The van der Waals surface area contributed by atoms with Crippen LogP contribution >= 0.6 is 0 Å². The summed E-state index contributed by atoms with van der Waals surface area (Å²) in [5.74, 6) is -2.27. The number of urea groups is 1. The lowest BCUT2D eigenvalue weighted by atomic mass is 10.1. The summed E-state index contributed by atoms with van der Waals surface area (Å²) in [6.45, 7) is 6.17. The minimum absolute atomic E-state index is 0.0247. The van der Waals surface area contributed by atoms with Crippen LogP contribution in [-0.2, 0) is 13.1 Å². The number of hydrogen-bond donors (Lipinski definition) is 2. The molecule has 0 radical (unpaired) electrons. The van der Waals surface area contributed by atoms with Crippen LogP contribution in [0.15, 0.2) is 24.4 Å². The Morgan fingerprint density at radius 3 is 2.67 bits per heavy atom. The van der Waals surface area contributed by atoms with Crippen LogP contribution in [0, 0.1) is 11.6 Å². The van der Waals surface area contributed by atoms with E-state index >= 15 is 0 Å². The molecule has 0 aliphatic carbocycles. The standard InChI is InChI=1S/C18H21F2N5O2/c1-10(2)22-17(26)13-7-21-25-8-11(3)24(9-16(13)25)18(27)23-12-4-5-14(19)15(20)6-12/h4-7,10-11H,8-9H2,1-3H3,(H,22,26)(H,23,27)/t11-/m1/s1. The molecule has 2 aromatic rings. The van der Waals surface area contributed by atoms with E-state index in [1.807, 2.05) is 20.8 Å². The fourth-order valence-electron chi connectivity index (χ4n) is 2.97. The van der Waals surface area contributed by atoms with Crippen LogP contribution in [0.5, 0.6) is 0 Å². The number of carbonyl (C=O) groups is 2. The van der Waals surface area contributed by atoms with E-state index in [9.17, 15) is 18.4 Å². The molecule has 0 saturated carbocycles. The number of nitrogens with one attached hydrogen (secondary N) is 2. The van der Waals surface area contributed by atoms with Crippen LogP contribution in [0.2, 0.25) is 0 Å². The topological polar surface area (TPSA) is 79.3 Å². The van der Waals surface area contributed by atoms with Gasteiger partial charge in [0.1, 0.15) is 0 Å². The van der Waals surface area contributed by atoms with Gasteiger partial charge in [-0.15, -0.1) is 0 Å². The second kappa shape index (κ2) is 7.34. The number of hydrogen-bond acceptors (Lipinski definition) is 3. The summed E-state index contributed by atoms with van der Waals surface area (Å²) in [4.78, 5) is 26.5. The summed E-state index contributed by atoms with van der Waals surface area (Å²) < 4.78 is 28.1. The van der Waals surface area contributed by atoms with Gasteiger partial charge in [-0.1, -0.05) is 0 Å². The zero-order valence-electron chi connectivity index (χ0n) is 15.3. The third kappa shape index (κ3) is 3.91. The van der Waals surface area contributed by atoms with Gasteiger partial charge in [0, 0.05) is 17.8 Å². The monoisotopic (exact) mass is 377 g/mol. The SMILES string of the molecule is CC(C)NC(=O)c1cnn2c1CN(C(=O)Nc1ccc(F)c(F)c1)[C@H](C)C2. The minimum Gasteiger partial charge on any atom is -0.350 e. The molecule has 0 bridgehead atoms. The minimum atomic E-state index is -1.04. The van der Waals surface area contributed by atoms with Crippen molar-refractivity contribution < 1.29 is 18.4 Å². The van der Waals surface area contributed by atoms with E-state index < -0.39 is 17.7 Å². The first-order valence-electron chi connectivity index (χ1n) is 8.64. The maximum absolute atomic E-state index is 13.4. The van der Waals surface area contributed by atoms with Gasteiger partial charge in [-0.2, -0.15) is 5.10 Å². The highest BCUT2D eigenvalue weighted by Gasteiger charge is 2.31. The molecule has 1 aromatic heterocycles. The van der Waals surface area contributed by atoms with E-state index in [1.165, 1.54) is 17.2 Å². The lowest BCUT2D eigenvalue weighted by Crippen LogP contribution is -2.47. The molecule has 0 fully saturated rings. The quantitative estimate of drug-likeness (QED) is 0.863. The molecule has 0 unspecified atom stereocenters. The number of amides is 3. The zero-order valence-corrected chi connectivity index (χ0v) is 15.3. The van der Waals surface area contributed by atoms with Crippen LogP contribution < -0.4 is 10.6 Å². The molecule has 1 aliphatic heterocycles. The van der Waals surface area contributed by atoms with Gasteiger partial charge < -0.3 is 15.5 Å². The summed E-state index contributed by atoms with van der Waals surface area (Å²) in [6.07, 6.45) is 1.50. The smallest absolute Gasteiger partial charge is 0.322 e. The van der Waals surface area contributed by atoms with Crippen LogP contribution in [0.25, 0.3) is 0 Å². The highest BCUT2D eigenvalue weighted by Crippen LogP contribution is 2.22. The van der Waals surface area contributed by atoms with Crippen LogP contribution in [0.1, 0.15) is 36.8 Å². The van der Waals surface area contributed by atoms with Crippen molar-refractivity contribution in [2.45, 2.75) is 45.9 Å². The largest absolute Gasteiger partial charge is 0.350 e. The maximum Gasteiger partial charge on any atom is 0.322 e. The Balaban J connectivity index is 1.78. The Morgan fingerprint density at radius 2 is 2.00 bits per heavy atom. The Hall–Kier alpha value is -2.97. The molecular formula is C18H21F2N5O2. The van der Waals surface area contributed by atoms with Gasteiger partial charge in [-0.25, -0.2) is 13.6 Å². The Labute approximate surface area is 155 Å². The first-order valence-corrected chi connectivity index (χ1v) is 8.64. The average molecular weight is 377 g/mol. The van der Waals surface area contributed by atoms with Crippen molar-refractivity contribution in [3.05, 3.63) is 47.3 Å². The fraction of sp³-hybridized carbons (Fsp3) is 0.389. The molecule has 144 valence electrons. The van der Waals surface area contributed by atoms with Crippen LogP contribution in [0.4, 0.5) is 19.3 Å². The lowest BCUT2D eigenvalue weighted by molar-refractivity contribution is 0.0938. The van der Waals surface area contributed by atoms with Crippen LogP contribution in [-0.4, -0.2) is 38.7 Å². The zero-order chi connectivity index (χ0) is 19.7. The van der Waals surface area contributed by atoms with Crippen LogP contribution in [0.3, 0.4) is 0 Å². The van der Waals surface area contributed by atoms with Crippen molar-refractivity contribution in [2.75, 3.05) is 5.32 Å². The van der Waals surface area contributed by atoms with Crippen molar-refractivity contribution >= 4 is 17.6 Å². The molecule has 1 aliphatic rings. The molecule has 2 heterocycles. The van der Waals surface area contributed by atoms with Gasteiger partial charge in [-0.3, -0.25) is 9.48 Å². The van der Waals surface area contributed by atoms with E-state index in [4.69, 9.17) is 0 Å². The molecule has 1 atom stereocenters. The molecular weight excluding hydrogens is 356 g/mol. The van der Waals surface area contributed by atoms with E-state index in [1.54, 1.807) is 4.68 Å². The summed E-state index contributed by atoms with van der Waals surface area (Å²) in [7, 11) is 0. The summed E-state index contributed by atoms with van der Waals surface area (Å²) in [5.41, 5.74) is 1.20. The normalized spacial score (nSPS) is 16.2. The molecule has 1 aromatic carbocycles. The van der Waals surface area contributed by atoms with Gasteiger partial charge in [0.05, 0.1) is 36.6 Å². The van der Waals surface area contributed by atoms with Gasteiger partial charge in [0.2, 0.25) is 0 Å². The van der Waals surface area contributed by atoms with Crippen molar-refractivity contribution in [1.29, 1.82) is 0 Å². The summed E-state index contributed by atoms with van der Waals surface area (Å²) in [5, 5.41) is 9.62. The molecule has 2 N–H and O–H groups in total. The van der Waals surface area contributed by atoms with Gasteiger partial charge in [0.25, 0.3) is 5.91 Å². The molecule has 3 amide bonds. The number of rotatable bonds is 3. The average Bonchev–Trinajstić information content (AvgIpc) is 2.99. The molecule has 0 saturated heterocycles.